The van der Waals surface area contributed by atoms with Crippen LogP contribution in [-0.2, 0) is 0 Å². The Bertz CT molecular complexity index is 4290. The summed E-state index contributed by atoms with van der Waals surface area (Å²) < 4.78 is 10.8. The molecular formula is C61H37NS4. The van der Waals surface area contributed by atoms with E-state index in [1.807, 2.05) is 45.3 Å². The van der Waals surface area contributed by atoms with Crippen LogP contribution in [0.15, 0.2) is 182 Å². The van der Waals surface area contributed by atoms with Crippen LogP contribution in [0, 0.1) is 0 Å². The summed E-state index contributed by atoms with van der Waals surface area (Å²) in [6.45, 7) is 4.54. The monoisotopic (exact) mass is 911 g/mol. The quantitative estimate of drug-likeness (QED) is 0.170. The highest BCUT2D eigenvalue weighted by atomic mass is 32.1. The van der Waals surface area contributed by atoms with Gasteiger partial charge in [-0.25, -0.2) is 0 Å². The summed E-state index contributed by atoms with van der Waals surface area (Å²) in [4.78, 5) is 2.45. The number of anilines is 3. The van der Waals surface area contributed by atoms with Gasteiger partial charge in [-0.2, -0.15) is 0 Å². The van der Waals surface area contributed by atoms with Gasteiger partial charge in [-0.15, -0.1) is 45.3 Å². The van der Waals surface area contributed by atoms with E-state index < -0.39 is 0 Å². The van der Waals surface area contributed by atoms with Crippen LogP contribution in [0.1, 0.15) is 25.3 Å². The molecule has 5 heteroatoms. The van der Waals surface area contributed by atoms with Crippen molar-refractivity contribution in [3.8, 4) is 0 Å². The lowest BCUT2D eigenvalue weighted by Crippen LogP contribution is -2.10. The van der Waals surface area contributed by atoms with E-state index in [4.69, 9.17) is 0 Å². The highest BCUT2D eigenvalue weighted by molar-refractivity contribution is 7.30. The van der Waals surface area contributed by atoms with Gasteiger partial charge in [0.2, 0.25) is 0 Å². The molecule has 0 atom stereocenters. The molecule has 0 saturated carbocycles. The van der Waals surface area contributed by atoms with Crippen molar-refractivity contribution in [2.75, 3.05) is 4.90 Å². The van der Waals surface area contributed by atoms with Crippen molar-refractivity contribution in [3.05, 3.63) is 188 Å². The summed E-state index contributed by atoms with van der Waals surface area (Å²) in [5.41, 5.74) is 4.81. The predicted molar refractivity (Wildman–Crippen MR) is 297 cm³/mol. The molecule has 0 aliphatic rings. The van der Waals surface area contributed by atoms with Crippen molar-refractivity contribution < 1.29 is 0 Å². The van der Waals surface area contributed by atoms with Gasteiger partial charge >= 0.3 is 0 Å². The summed E-state index contributed by atoms with van der Waals surface area (Å²) in [6.07, 6.45) is 0. The molecule has 15 aromatic rings. The van der Waals surface area contributed by atoms with Crippen LogP contribution in [0.2, 0.25) is 0 Å². The second-order valence-corrected chi connectivity index (χ2v) is 22.5. The van der Waals surface area contributed by atoms with Crippen molar-refractivity contribution in [3.63, 3.8) is 0 Å². The summed E-state index contributed by atoms with van der Waals surface area (Å²) in [7, 11) is 0. The van der Waals surface area contributed by atoms with Crippen LogP contribution in [0.25, 0.3) is 124 Å². The first kappa shape index (κ1) is 37.4. The molecule has 310 valence electrons. The highest BCUT2D eigenvalue weighted by Crippen LogP contribution is 2.49. The third kappa shape index (κ3) is 5.49. The standard InChI is InChI=1S/C61H37NS4/c1-33(2)34-11-15-43(16-12-34)62(44-17-13-39-27-50-56(31-41(39)23-44)63-52-21-19-46-48-25-35-7-3-5-9-37(35)29-54(48)65-60(46)58(50)52)45-18-14-40-28-51-57(32-42(40)24-45)64-53-22-20-47-49-26-36-8-4-6-10-38(36)30-55(49)66-61(47)59(51)53/h3-33H,1-2H3. The summed E-state index contributed by atoms with van der Waals surface area (Å²) >= 11 is 7.71. The second-order valence-electron chi connectivity index (χ2n) is 18.3. The number of rotatable bonds is 4. The molecule has 0 spiro atoms. The maximum atomic E-state index is 2.45. The molecule has 4 heterocycles. The lowest BCUT2D eigenvalue weighted by molar-refractivity contribution is 0.866. The number of thiophene rings is 4. The van der Waals surface area contributed by atoms with E-state index in [1.165, 1.54) is 129 Å². The fourth-order valence-electron chi connectivity index (χ4n) is 10.8. The smallest absolute Gasteiger partial charge is 0.0468 e. The molecule has 11 aromatic carbocycles. The van der Waals surface area contributed by atoms with Gasteiger partial charge in [0.05, 0.1) is 0 Å². The fraction of sp³-hybridized carbons (Fsp3) is 0.0492. The SMILES string of the molecule is CC(C)c1ccc(N(c2ccc3cc4c(cc3c2)sc2ccc3c5cc6ccccc6cc5sc3c24)c2ccc3cc4c(cc3c2)sc2ccc3c5cc6ccccc6cc5sc3c24)cc1. The Morgan fingerprint density at radius 1 is 0.303 bits per heavy atom. The minimum Gasteiger partial charge on any atom is -0.310 e. The number of fused-ring (bicyclic) bond motifs is 18. The molecule has 66 heavy (non-hydrogen) atoms. The maximum absolute atomic E-state index is 2.45. The molecule has 0 amide bonds. The van der Waals surface area contributed by atoms with Crippen LogP contribution in [-0.4, -0.2) is 0 Å². The fourth-order valence-corrected chi connectivity index (χ4v) is 15.8. The number of benzene rings is 11. The van der Waals surface area contributed by atoms with Crippen LogP contribution in [0.5, 0.6) is 0 Å². The zero-order chi connectivity index (χ0) is 43.4. The molecule has 0 bridgehead atoms. The zero-order valence-corrected chi connectivity index (χ0v) is 39.2. The molecule has 0 N–H and O–H groups in total. The van der Waals surface area contributed by atoms with Gasteiger partial charge in [0, 0.05) is 97.8 Å². The van der Waals surface area contributed by atoms with E-state index in [1.54, 1.807) is 0 Å². The van der Waals surface area contributed by atoms with Gasteiger partial charge < -0.3 is 4.90 Å². The zero-order valence-electron chi connectivity index (χ0n) is 36.0. The van der Waals surface area contributed by atoms with Crippen molar-refractivity contribution in [1.82, 2.24) is 0 Å². The topological polar surface area (TPSA) is 3.24 Å². The first-order chi connectivity index (χ1) is 32.5. The van der Waals surface area contributed by atoms with Gasteiger partial charge in [-0.05, 0) is 152 Å². The molecule has 4 aromatic heterocycles. The van der Waals surface area contributed by atoms with Crippen molar-refractivity contribution in [1.29, 1.82) is 0 Å². The van der Waals surface area contributed by atoms with Gasteiger partial charge in [0.1, 0.15) is 0 Å². The average Bonchev–Trinajstić information content (AvgIpc) is 4.10. The Hall–Kier alpha value is -6.86. The van der Waals surface area contributed by atoms with Crippen LogP contribution < -0.4 is 4.90 Å². The first-order valence-corrected chi connectivity index (χ1v) is 25.9. The first-order valence-electron chi connectivity index (χ1n) is 22.6. The summed E-state index contributed by atoms with van der Waals surface area (Å²) in [5, 5.41) is 21.1. The highest BCUT2D eigenvalue weighted by Gasteiger charge is 2.20. The van der Waals surface area contributed by atoms with Crippen molar-refractivity contribution in [2.45, 2.75) is 19.8 Å². The molecule has 1 nitrogen and oxygen atoms in total. The van der Waals surface area contributed by atoms with E-state index in [0.29, 0.717) is 5.92 Å². The van der Waals surface area contributed by atoms with Crippen molar-refractivity contribution in [2.24, 2.45) is 0 Å². The summed E-state index contributed by atoms with van der Waals surface area (Å²) in [6, 6.07) is 69.4. The van der Waals surface area contributed by atoms with Crippen LogP contribution >= 0.6 is 45.3 Å². The molecule has 0 radical (unpaired) electrons. The predicted octanol–water partition coefficient (Wildman–Crippen LogP) is 20.4. The van der Waals surface area contributed by atoms with E-state index >= 15 is 0 Å². The lowest BCUT2D eigenvalue weighted by Gasteiger charge is -2.26. The Labute approximate surface area is 395 Å². The van der Waals surface area contributed by atoms with E-state index in [0.717, 1.165) is 17.1 Å². The molecule has 0 unspecified atom stereocenters. The molecular weight excluding hydrogens is 875 g/mol. The Morgan fingerprint density at radius 3 is 1.17 bits per heavy atom. The number of hydrogen-bond donors (Lipinski definition) is 0. The van der Waals surface area contributed by atoms with Crippen molar-refractivity contribution >= 4 is 186 Å². The number of nitrogens with zero attached hydrogens (tertiary/aromatic N) is 1. The van der Waals surface area contributed by atoms with E-state index in [2.05, 4.69) is 201 Å². The van der Waals surface area contributed by atoms with Gasteiger partial charge in [-0.1, -0.05) is 98.8 Å². The van der Waals surface area contributed by atoms with E-state index in [9.17, 15) is 0 Å². The summed E-state index contributed by atoms with van der Waals surface area (Å²) in [5.74, 6) is 0.461. The van der Waals surface area contributed by atoms with Crippen LogP contribution in [0.3, 0.4) is 0 Å². The average molecular weight is 912 g/mol. The normalized spacial score (nSPS) is 12.5. The Kier molecular flexibility index (Phi) is 7.83. The van der Waals surface area contributed by atoms with Gasteiger partial charge in [-0.3, -0.25) is 0 Å². The molecule has 0 fully saturated rings. The largest absolute Gasteiger partial charge is 0.310 e. The molecule has 0 aliphatic heterocycles. The minimum absolute atomic E-state index is 0.461. The molecule has 0 saturated heterocycles. The Balaban J connectivity index is 0.877. The Morgan fingerprint density at radius 2 is 0.697 bits per heavy atom. The minimum atomic E-state index is 0.461. The third-order valence-corrected chi connectivity index (χ3v) is 18.7. The second kappa shape index (κ2) is 13.8. The van der Waals surface area contributed by atoms with Gasteiger partial charge in [0.15, 0.2) is 0 Å². The van der Waals surface area contributed by atoms with Crippen LogP contribution in [0.4, 0.5) is 17.1 Å². The number of hydrogen-bond acceptors (Lipinski definition) is 5. The molecule has 15 rings (SSSR count). The molecule has 0 aliphatic carbocycles. The van der Waals surface area contributed by atoms with E-state index in [-0.39, 0.29) is 0 Å². The lowest BCUT2D eigenvalue weighted by atomic mass is 10.0. The van der Waals surface area contributed by atoms with Gasteiger partial charge in [0.25, 0.3) is 0 Å². The third-order valence-electron chi connectivity index (χ3n) is 14.1. The maximum Gasteiger partial charge on any atom is 0.0468 e.